The van der Waals surface area contributed by atoms with Crippen LogP contribution < -0.4 is 19.7 Å². The van der Waals surface area contributed by atoms with Crippen molar-refractivity contribution in [1.82, 2.24) is 19.1 Å². The molecule has 276 valence electrons. The van der Waals surface area contributed by atoms with Crippen LogP contribution in [0.1, 0.15) is 33.2 Å². The zero-order chi connectivity index (χ0) is 41.6. The number of imidazole rings is 1. The smallest absolute Gasteiger partial charge is 0.268 e. The van der Waals surface area contributed by atoms with E-state index < -0.39 is 26.2 Å². The van der Waals surface area contributed by atoms with Crippen molar-refractivity contribution in [2.45, 2.75) is 39.3 Å². The first-order valence-electron chi connectivity index (χ1n) is 20.7. The van der Waals surface area contributed by atoms with E-state index in [-0.39, 0.29) is 50.1 Å². The van der Waals surface area contributed by atoms with Crippen LogP contribution in [0.4, 0.5) is 0 Å². The molecule has 10 aromatic rings. The maximum Gasteiger partial charge on any atom is 0.268 e. The Morgan fingerprint density at radius 1 is 0.857 bits per heavy atom. The van der Waals surface area contributed by atoms with Crippen LogP contribution in [-0.4, -0.2) is 27.2 Å². The first-order chi connectivity index (χ1) is 28.7. The van der Waals surface area contributed by atoms with Crippen LogP contribution in [0.5, 0.6) is 11.6 Å². The summed E-state index contributed by atoms with van der Waals surface area (Å²) in [4.78, 5) is 9.67. The van der Waals surface area contributed by atoms with E-state index in [0.717, 1.165) is 71.0 Å². The topological polar surface area (TPSA) is 61.9 Å². The van der Waals surface area contributed by atoms with Crippen molar-refractivity contribution in [2.75, 3.05) is 0 Å². The summed E-state index contributed by atoms with van der Waals surface area (Å²) in [6, 6.07) is 31.5. The van der Waals surface area contributed by atoms with Crippen molar-refractivity contribution in [3.63, 3.8) is 0 Å². The SMILES string of the molecule is [2H]c1c([2H])c([2H])c(-[n+]2[c-]n3c4c(cccc42)[Si](C)(C)c2ccc(Oc4[c-]c5c(cn4)c4c6oc7ccccc7c6ccc4n5-c4cc(C(C)(C)C)ccn4)[c-]c2-3)c([2H])c1[2H].[Pt]. The Balaban J connectivity index is 0.00000445. The van der Waals surface area contributed by atoms with E-state index in [1.54, 1.807) is 10.8 Å². The fraction of sp³-hybridized carbons (Fsp3) is 0.128. The first kappa shape index (κ1) is 29.5. The molecule has 0 radical (unpaired) electrons. The van der Waals surface area contributed by atoms with Crippen LogP contribution in [0.15, 0.2) is 126 Å². The molecule has 1 aliphatic heterocycles. The molecule has 0 atom stereocenters. The summed E-state index contributed by atoms with van der Waals surface area (Å²) in [6.45, 7) is 11.1. The molecule has 0 aliphatic carbocycles. The van der Waals surface area contributed by atoms with Gasteiger partial charge in [-0.3, -0.25) is 9.55 Å². The van der Waals surface area contributed by atoms with Crippen molar-refractivity contribution >= 4 is 73.2 Å². The molecule has 0 saturated carbocycles. The van der Waals surface area contributed by atoms with Crippen molar-refractivity contribution < 1.29 is 41.6 Å². The summed E-state index contributed by atoms with van der Waals surface area (Å²) in [5.74, 6) is 1.37. The van der Waals surface area contributed by atoms with Crippen LogP contribution in [0.25, 0.3) is 72.0 Å². The van der Waals surface area contributed by atoms with Gasteiger partial charge < -0.3 is 18.3 Å². The van der Waals surface area contributed by atoms with Gasteiger partial charge in [-0.05, 0) is 70.7 Å². The Labute approximate surface area is 346 Å². The molecule has 9 heteroatoms. The summed E-state index contributed by atoms with van der Waals surface area (Å²) in [7, 11) is -2.36. The number of furan rings is 1. The molecule has 1 aliphatic rings. The molecule has 0 spiro atoms. The summed E-state index contributed by atoms with van der Waals surface area (Å²) in [6.07, 6.45) is 6.99. The number of hydrogen-bond donors (Lipinski definition) is 0. The number of rotatable bonds is 4. The monoisotopic (exact) mass is 929 g/mol. The predicted octanol–water partition coefficient (Wildman–Crippen LogP) is 9.32. The maximum atomic E-state index is 8.77. The standard InChI is InChI=1S/C47H35N5O2Si.Pt/c1-47(2,3)29-22-23-48-42(24-29)52-35-20-19-33-32-14-9-10-16-39(32)54-46(33)44(35)34-27-49-43(26-37(34)52)53-31-18-21-40-38(25-31)51-28-50(30-12-7-6-8-13-30)36-15-11-17-41(45(36)51)55(40,4)5;/h6-24,27H,1-5H3;/q-2;/i6D,7D,8D,12D,13D;. The Kier molecular flexibility index (Phi) is 6.49. The Hall–Kier alpha value is -5.82. The second-order valence-corrected chi connectivity index (χ2v) is 19.9. The summed E-state index contributed by atoms with van der Waals surface area (Å²) < 4.78 is 61.1. The number of benzene rings is 5. The van der Waals surface area contributed by atoms with Gasteiger partial charge >= 0.3 is 0 Å². The average molecular weight is 930 g/mol. The molecule has 6 heterocycles. The van der Waals surface area contributed by atoms with Gasteiger partial charge in [0.1, 0.15) is 22.9 Å². The quantitative estimate of drug-likeness (QED) is 0.100. The normalized spacial score (nSPS) is 14.7. The van der Waals surface area contributed by atoms with E-state index in [1.807, 2.05) is 53.2 Å². The van der Waals surface area contributed by atoms with E-state index in [9.17, 15) is 0 Å². The maximum absolute atomic E-state index is 8.77. The van der Waals surface area contributed by atoms with Gasteiger partial charge in [-0.2, -0.15) is 12.1 Å². The molecule has 0 amide bonds. The number of fused-ring (bicyclic) bond motifs is 9. The summed E-state index contributed by atoms with van der Waals surface area (Å²) in [5.41, 5.74) is 6.48. The fourth-order valence-corrected chi connectivity index (χ4v) is 11.1. The van der Waals surface area contributed by atoms with Crippen molar-refractivity contribution in [3.8, 4) is 28.8 Å². The third-order valence-electron chi connectivity index (χ3n) is 11.0. The van der Waals surface area contributed by atoms with Crippen LogP contribution in [0, 0.1) is 18.5 Å². The van der Waals surface area contributed by atoms with Gasteiger partial charge in [0.05, 0.1) is 23.6 Å². The third kappa shape index (κ3) is 5.02. The molecule has 0 bridgehead atoms. The van der Waals surface area contributed by atoms with Crippen LogP contribution in [0.3, 0.4) is 0 Å². The van der Waals surface area contributed by atoms with Gasteiger partial charge in [0.15, 0.2) is 0 Å². The summed E-state index contributed by atoms with van der Waals surface area (Å²) in [5, 5.41) is 6.00. The number of pyridine rings is 2. The largest absolute Gasteiger partial charge is 0.484 e. The average Bonchev–Trinajstić information content (AvgIpc) is 3.91. The summed E-state index contributed by atoms with van der Waals surface area (Å²) >= 11 is 0. The molecule has 0 N–H and O–H groups in total. The van der Waals surface area contributed by atoms with Gasteiger partial charge in [0.25, 0.3) is 6.33 Å². The van der Waals surface area contributed by atoms with E-state index in [1.165, 1.54) is 0 Å². The van der Waals surface area contributed by atoms with Crippen molar-refractivity contribution in [1.29, 1.82) is 0 Å². The second kappa shape index (κ2) is 12.3. The number of aromatic nitrogens is 5. The minimum absolute atomic E-state index is 0. The Bertz CT molecular complexity index is 3490. The van der Waals surface area contributed by atoms with Gasteiger partial charge in [-0.15, -0.1) is 28.2 Å². The van der Waals surface area contributed by atoms with Gasteiger partial charge in [-0.25, -0.2) is 4.98 Å². The van der Waals surface area contributed by atoms with Crippen LogP contribution >= 0.6 is 0 Å². The van der Waals surface area contributed by atoms with Crippen molar-refractivity contribution in [3.05, 3.63) is 145 Å². The van der Waals surface area contributed by atoms with Gasteiger partial charge in [0.2, 0.25) is 0 Å². The number of nitrogens with zero attached hydrogens (tertiary/aromatic N) is 5. The third-order valence-corrected chi connectivity index (χ3v) is 14.5. The van der Waals surface area contributed by atoms with E-state index >= 15 is 0 Å². The van der Waals surface area contributed by atoms with E-state index in [2.05, 4.69) is 93.3 Å². The molecular weight excluding hydrogens is 890 g/mol. The van der Waals surface area contributed by atoms with Crippen molar-refractivity contribution in [2.24, 2.45) is 0 Å². The zero-order valence-electron chi connectivity index (χ0n) is 36.0. The Morgan fingerprint density at radius 3 is 2.54 bits per heavy atom. The fourth-order valence-electron chi connectivity index (χ4n) is 8.18. The number of hydrogen-bond acceptors (Lipinski definition) is 4. The second-order valence-electron chi connectivity index (χ2n) is 15.6. The molecule has 0 fully saturated rings. The number of para-hydroxylation sites is 3. The minimum atomic E-state index is -2.36. The van der Waals surface area contributed by atoms with E-state index in [0.29, 0.717) is 17.0 Å². The molecule has 0 saturated heterocycles. The van der Waals surface area contributed by atoms with Gasteiger partial charge in [-0.1, -0.05) is 93.6 Å². The molecule has 7 nitrogen and oxygen atoms in total. The Morgan fingerprint density at radius 2 is 1.70 bits per heavy atom. The first-order valence-corrected chi connectivity index (χ1v) is 21.2. The molecule has 0 unspecified atom stereocenters. The molecule has 11 rings (SSSR count). The molecule has 56 heavy (non-hydrogen) atoms. The molecule has 5 aromatic carbocycles. The van der Waals surface area contributed by atoms with E-state index in [4.69, 9.17) is 26.0 Å². The molecule has 5 aromatic heterocycles. The predicted molar refractivity (Wildman–Crippen MR) is 220 cm³/mol. The van der Waals surface area contributed by atoms with Crippen LogP contribution in [0.2, 0.25) is 13.1 Å². The van der Waals surface area contributed by atoms with Crippen LogP contribution in [-0.2, 0) is 26.5 Å². The van der Waals surface area contributed by atoms with Gasteiger partial charge in [0, 0.05) is 57.4 Å². The minimum Gasteiger partial charge on any atom is -0.484 e. The molecular formula is C47H35N5O2PtSi-2. The number of ether oxygens (including phenoxy) is 1. The zero-order valence-corrected chi connectivity index (χ0v) is 34.3.